The van der Waals surface area contributed by atoms with E-state index < -0.39 is 0 Å². The van der Waals surface area contributed by atoms with Gasteiger partial charge in [0.25, 0.3) is 0 Å². The molecule has 2 atom stereocenters. The number of hydrogen-bond donors (Lipinski definition) is 1. The second kappa shape index (κ2) is 5.68. The second-order valence-electron chi connectivity index (χ2n) is 6.51. The summed E-state index contributed by atoms with van der Waals surface area (Å²) in [5.74, 6) is 1.19. The van der Waals surface area contributed by atoms with E-state index in [-0.39, 0.29) is 6.10 Å². The highest BCUT2D eigenvalue weighted by Crippen LogP contribution is 2.39. The van der Waals surface area contributed by atoms with Crippen LogP contribution in [0.3, 0.4) is 0 Å². The molecule has 106 valence electrons. The number of rotatable bonds is 3. The van der Waals surface area contributed by atoms with Gasteiger partial charge in [0.15, 0.2) is 0 Å². The third-order valence-electron chi connectivity index (χ3n) is 3.74. The number of nitrogen functional groups attached to an aromatic ring is 1. The molecule has 2 N–H and O–H groups in total. The summed E-state index contributed by atoms with van der Waals surface area (Å²) in [5, 5.41) is 0.623. The minimum absolute atomic E-state index is 0.290. The third-order valence-corrected chi connectivity index (χ3v) is 4.09. The first-order valence-electron chi connectivity index (χ1n) is 6.88. The van der Waals surface area contributed by atoms with Crippen molar-refractivity contribution in [3.8, 4) is 0 Å². The number of pyridine rings is 1. The number of nitrogens with zero attached hydrogens (tertiary/aromatic N) is 1. The number of halogens is 1. The van der Waals surface area contributed by atoms with Gasteiger partial charge in [0.2, 0.25) is 0 Å². The Morgan fingerprint density at radius 3 is 2.84 bits per heavy atom. The summed E-state index contributed by atoms with van der Waals surface area (Å²) in [6.07, 6.45) is 3.77. The lowest BCUT2D eigenvalue weighted by molar-refractivity contribution is -0.0326. The zero-order valence-corrected chi connectivity index (χ0v) is 12.7. The summed E-state index contributed by atoms with van der Waals surface area (Å²) in [7, 11) is 0. The van der Waals surface area contributed by atoms with Crippen LogP contribution in [-0.2, 0) is 11.3 Å². The van der Waals surface area contributed by atoms with Gasteiger partial charge in [-0.05, 0) is 42.7 Å². The molecule has 1 aromatic rings. The second-order valence-corrected chi connectivity index (χ2v) is 6.92. The predicted molar refractivity (Wildman–Crippen MR) is 79.0 cm³/mol. The van der Waals surface area contributed by atoms with Crippen molar-refractivity contribution in [2.45, 2.75) is 52.7 Å². The molecule has 3 nitrogen and oxygen atoms in total. The van der Waals surface area contributed by atoms with Gasteiger partial charge in [-0.15, -0.1) is 0 Å². The van der Waals surface area contributed by atoms with E-state index in [9.17, 15) is 0 Å². The fourth-order valence-corrected chi connectivity index (χ4v) is 3.34. The molecule has 1 fully saturated rings. The zero-order valence-electron chi connectivity index (χ0n) is 11.9. The van der Waals surface area contributed by atoms with Gasteiger partial charge in [0.1, 0.15) is 5.82 Å². The normalized spacial score (nSPS) is 26.3. The van der Waals surface area contributed by atoms with Gasteiger partial charge in [-0.2, -0.15) is 0 Å². The Labute approximate surface area is 120 Å². The van der Waals surface area contributed by atoms with Crippen molar-refractivity contribution in [2.75, 3.05) is 5.73 Å². The molecule has 1 aliphatic carbocycles. The highest BCUT2D eigenvalue weighted by atomic mass is 35.5. The number of ether oxygens (including phenoxy) is 1. The third kappa shape index (κ3) is 4.08. The molecule has 0 radical (unpaired) electrons. The van der Waals surface area contributed by atoms with Crippen LogP contribution in [0.5, 0.6) is 0 Å². The molecule has 19 heavy (non-hydrogen) atoms. The standard InChI is InChI=1S/C15H23ClN2O/c1-10-6-11(8-15(2,3)7-10)19-9-13-12(16)4-5-14(17)18-13/h4-5,10-11H,6-9H2,1-3H3,(H2,17,18). The van der Waals surface area contributed by atoms with Crippen molar-refractivity contribution >= 4 is 17.4 Å². The maximum Gasteiger partial charge on any atom is 0.123 e. The van der Waals surface area contributed by atoms with Crippen LogP contribution < -0.4 is 5.73 Å². The van der Waals surface area contributed by atoms with Crippen LogP contribution >= 0.6 is 11.6 Å². The maximum atomic E-state index is 6.10. The van der Waals surface area contributed by atoms with Gasteiger partial charge in [-0.3, -0.25) is 0 Å². The smallest absolute Gasteiger partial charge is 0.123 e. The highest BCUT2D eigenvalue weighted by Gasteiger charge is 2.32. The molecule has 2 rings (SSSR count). The van der Waals surface area contributed by atoms with E-state index >= 15 is 0 Å². The summed E-state index contributed by atoms with van der Waals surface area (Å²) < 4.78 is 6.01. The Bertz CT molecular complexity index is 448. The van der Waals surface area contributed by atoms with Crippen LogP contribution in [0.15, 0.2) is 12.1 Å². The van der Waals surface area contributed by atoms with E-state index in [2.05, 4.69) is 25.8 Å². The van der Waals surface area contributed by atoms with Gasteiger partial charge in [0, 0.05) is 0 Å². The van der Waals surface area contributed by atoms with Crippen molar-refractivity contribution in [1.82, 2.24) is 4.98 Å². The van der Waals surface area contributed by atoms with E-state index in [1.807, 2.05) is 0 Å². The fraction of sp³-hybridized carbons (Fsp3) is 0.667. The van der Waals surface area contributed by atoms with Crippen LogP contribution in [0, 0.1) is 11.3 Å². The number of hydrogen-bond acceptors (Lipinski definition) is 3. The molecule has 1 heterocycles. The summed E-state index contributed by atoms with van der Waals surface area (Å²) in [5.41, 5.74) is 6.77. The summed E-state index contributed by atoms with van der Waals surface area (Å²) in [6.45, 7) is 7.36. The molecular weight excluding hydrogens is 260 g/mol. The minimum atomic E-state index is 0.290. The van der Waals surface area contributed by atoms with Gasteiger partial charge in [-0.1, -0.05) is 32.4 Å². The van der Waals surface area contributed by atoms with E-state index in [4.69, 9.17) is 22.1 Å². The van der Waals surface area contributed by atoms with Crippen molar-refractivity contribution in [3.05, 3.63) is 22.8 Å². The van der Waals surface area contributed by atoms with Crippen LogP contribution in [0.1, 0.15) is 45.7 Å². The molecule has 0 aliphatic heterocycles. The fourth-order valence-electron chi connectivity index (χ4n) is 3.18. The summed E-state index contributed by atoms with van der Waals surface area (Å²) in [4.78, 5) is 4.23. The molecule has 0 aromatic carbocycles. The average Bonchev–Trinajstić information content (AvgIpc) is 2.28. The maximum absolute atomic E-state index is 6.10. The molecule has 0 amide bonds. The molecule has 1 aliphatic rings. The number of nitrogens with two attached hydrogens (primary N) is 1. The number of anilines is 1. The van der Waals surface area contributed by atoms with Crippen molar-refractivity contribution < 1.29 is 4.74 Å². The van der Waals surface area contributed by atoms with E-state index in [1.165, 1.54) is 6.42 Å². The molecule has 0 bridgehead atoms. The van der Waals surface area contributed by atoms with E-state index in [0.717, 1.165) is 18.5 Å². The van der Waals surface area contributed by atoms with Crippen molar-refractivity contribution in [3.63, 3.8) is 0 Å². The molecule has 2 unspecified atom stereocenters. The highest BCUT2D eigenvalue weighted by molar-refractivity contribution is 6.31. The van der Waals surface area contributed by atoms with E-state index in [1.54, 1.807) is 12.1 Å². The topological polar surface area (TPSA) is 48.1 Å². The molecule has 1 aromatic heterocycles. The molecule has 0 spiro atoms. The van der Waals surface area contributed by atoms with Crippen LogP contribution in [0.2, 0.25) is 5.02 Å². The summed E-state index contributed by atoms with van der Waals surface area (Å²) >= 11 is 6.10. The van der Waals surface area contributed by atoms with Crippen molar-refractivity contribution in [1.29, 1.82) is 0 Å². The first-order valence-corrected chi connectivity index (χ1v) is 7.26. The lowest BCUT2D eigenvalue weighted by atomic mass is 9.71. The predicted octanol–water partition coefficient (Wildman–Crippen LogP) is 4.05. The molecule has 4 heteroatoms. The molecular formula is C15H23ClN2O. The lowest BCUT2D eigenvalue weighted by Crippen LogP contribution is -2.32. The van der Waals surface area contributed by atoms with Gasteiger partial charge in [0.05, 0.1) is 23.4 Å². The van der Waals surface area contributed by atoms with E-state index in [0.29, 0.717) is 28.8 Å². The van der Waals surface area contributed by atoms with Gasteiger partial charge in [-0.25, -0.2) is 4.98 Å². The largest absolute Gasteiger partial charge is 0.384 e. The first-order chi connectivity index (χ1) is 8.85. The Kier molecular flexibility index (Phi) is 4.36. The zero-order chi connectivity index (χ0) is 14.0. The minimum Gasteiger partial charge on any atom is -0.384 e. The Hall–Kier alpha value is -0.800. The van der Waals surface area contributed by atoms with Crippen molar-refractivity contribution in [2.24, 2.45) is 11.3 Å². The SMILES string of the molecule is CC1CC(OCc2nc(N)ccc2Cl)CC(C)(C)C1. The first kappa shape index (κ1) is 14.6. The Morgan fingerprint density at radius 2 is 2.16 bits per heavy atom. The Morgan fingerprint density at radius 1 is 1.42 bits per heavy atom. The molecule has 1 saturated carbocycles. The van der Waals surface area contributed by atoms with Gasteiger partial charge >= 0.3 is 0 Å². The van der Waals surface area contributed by atoms with Crippen LogP contribution in [-0.4, -0.2) is 11.1 Å². The van der Waals surface area contributed by atoms with Gasteiger partial charge < -0.3 is 10.5 Å². The molecule has 0 saturated heterocycles. The lowest BCUT2D eigenvalue weighted by Gasteiger charge is -2.38. The average molecular weight is 283 g/mol. The summed E-state index contributed by atoms with van der Waals surface area (Å²) in [6, 6.07) is 3.48. The monoisotopic (exact) mass is 282 g/mol. The number of aromatic nitrogens is 1. The quantitative estimate of drug-likeness (QED) is 0.910. The van der Waals surface area contributed by atoms with Crippen LogP contribution in [0.25, 0.3) is 0 Å². The Balaban J connectivity index is 1.96. The van der Waals surface area contributed by atoms with Crippen LogP contribution in [0.4, 0.5) is 5.82 Å².